The number of benzene rings is 5. The molecule has 1 N–H and O–H groups in total. The summed E-state index contributed by atoms with van der Waals surface area (Å²) in [5.74, 6) is -2.45. The molecule has 0 bridgehead atoms. The number of carbonyl (C=O) groups excluding carboxylic acids is 2. The molecule has 7 aromatic rings. The average Bonchev–Trinajstić information content (AvgIpc) is 3.77. The van der Waals surface area contributed by atoms with Crippen molar-refractivity contribution >= 4 is 80.2 Å². The van der Waals surface area contributed by atoms with Crippen molar-refractivity contribution < 1.29 is 45.8 Å². The number of fused-ring (bicyclic) bond motifs is 6. The topological polar surface area (TPSA) is 125 Å². The minimum atomic E-state index is -4.78. The summed E-state index contributed by atoms with van der Waals surface area (Å²) < 4.78 is 92.8. The molecule has 2 amide bonds. The van der Waals surface area contributed by atoms with Crippen LogP contribution in [0.2, 0.25) is 10.0 Å². The van der Waals surface area contributed by atoms with E-state index in [-0.39, 0.29) is 22.5 Å². The predicted octanol–water partition coefficient (Wildman–Crippen LogP) is 13.0. The molecule has 0 spiro atoms. The molecule has 5 aromatic carbocycles. The fourth-order valence-corrected chi connectivity index (χ4v) is 13.2. The molecule has 412 valence electrons. The lowest BCUT2D eigenvalue weighted by Crippen LogP contribution is -2.60. The van der Waals surface area contributed by atoms with Gasteiger partial charge in [0.2, 0.25) is 10.9 Å². The predicted molar refractivity (Wildman–Crippen MR) is 296 cm³/mol. The number of nitrogens with zero attached hydrogens (tertiary/aromatic N) is 7. The number of hydrogen-bond acceptors (Lipinski definition) is 10. The van der Waals surface area contributed by atoms with Gasteiger partial charge in [-0.25, -0.2) is 4.85 Å². The molecule has 0 fully saturated rings. The molecule has 0 saturated heterocycles. The number of thioether (sulfide) groups is 2. The number of amides is 2. The molecule has 13 nitrogen and oxygen atoms in total. The van der Waals surface area contributed by atoms with E-state index in [2.05, 4.69) is 20.8 Å². The quantitative estimate of drug-likeness (QED) is 0.122. The fourth-order valence-electron chi connectivity index (χ4n) is 10.0. The maximum Gasteiger partial charge on any atom is 0.408 e. The van der Waals surface area contributed by atoms with E-state index in [0.29, 0.717) is 43.1 Å². The summed E-state index contributed by atoms with van der Waals surface area (Å²) in [6, 6.07) is 28.9. The van der Waals surface area contributed by atoms with Gasteiger partial charge in [-0.2, -0.15) is 26.3 Å². The standard InChI is InChI=1S/C31H24BrClF3N3O3S.C25H18ClF3N4O3S/c1-18(31(34,35)36)37-17-39(26-21-11-5-6-13-24(21)43-16-20-10-7-12-23(33)25(20)26)38-14-22(32)28(40)29(27(38)30(37)41)42-15-19-8-3-2-4-9-19;1-13(25(27,28)29)31-12-33(32-10-17(30-2)22(34)23(35)21(32)24(31)36)20-15-7-3-4-9-18(15)37-11-14-6-5-8-16(26)19(14)20/h2-14,18,26H,15-17H2,1H3;3-10,13,20,35H,11-12H2,1H3/t18-,26-;13-,20-/m11/s1. The number of halogens is 9. The highest BCUT2D eigenvalue weighted by Gasteiger charge is 2.50. The minimum absolute atomic E-state index is 0.0702. The summed E-state index contributed by atoms with van der Waals surface area (Å²) in [5, 5.41) is 14.6. The second-order valence-electron chi connectivity index (χ2n) is 18.8. The Morgan fingerprint density at radius 1 is 0.662 bits per heavy atom. The zero-order chi connectivity index (χ0) is 57.1. The number of ether oxygens (including phenoxy) is 1. The first-order chi connectivity index (χ1) is 38.1. The van der Waals surface area contributed by atoms with Crippen LogP contribution in [0.1, 0.15) is 85.9 Å². The van der Waals surface area contributed by atoms with Crippen molar-refractivity contribution in [3.8, 4) is 11.5 Å². The number of aromatic hydroxyl groups is 1. The van der Waals surface area contributed by atoms with Gasteiger partial charge in [0, 0.05) is 54.9 Å². The van der Waals surface area contributed by atoms with E-state index in [4.69, 9.17) is 34.5 Å². The van der Waals surface area contributed by atoms with Gasteiger partial charge in [-0.15, -0.1) is 23.5 Å². The summed E-state index contributed by atoms with van der Waals surface area (Å²) in [6.45, 7) is 8.08. The van der Waals surface area contributed by atoms with Crippen LogP contribution in [0.5, 0.6) is 11.5 Å². The van der Waals surface area contributed by atoms with Crippen molar-refractivity contribution in [3.05, 3.63) is 224 Å². The van der Waals surface area contributed by atoms with E-state index >= 15 is 0 Å². The Bertz CT molecular complexity index is 3790. The first kappa shape index (κ1) is 56.3. The molecule has 0 unspecified atom stereocenters. The van der Waals surface area contributed by atoms with Crippen molar-refractivity contribution in [1.29, 1.82) is 0 Å². The lowest BCUT2D eigenvalue weighted by atomic mass is 9.94. The highest BCUT2D eigenvalue weighted by molar-refractivity contribution is 9.10. The van der Waals surface area contributed by atoms with E-state index in [1.54, 1.807) is 65.3 Å². The maximum atomic E-state index is 14.2. The molecule has 80 heavy (non-hydrogen) atoms. The maximum absolute atomic E-state index is 14.2. The molecule has 4 atom stereocenters. The highest BCUT2D eigenvalue weighted by atomic mass is 79.9. The third-order valence-electron chi connectivity index (χ3n) is 14.2. The van der Waals surface area contributed by atoms with Gasteiger partial charge in [0.1, 0.15) is 44.1 Å². The number of carbonyl (C=O) groups is 2. The molecular weight excluding hydrogens is 1200 g/mol. The normalized spacial score (nSPS) is 17.4. The minimum Gasteiger partial charge on any atom is -0.503 e. The van der Waals surface area contributed by atoms with Crippen LogP contribution in [-0.2, 0) is 18.1 Å². The van der Waals surface area contributed by atoms with Gasteiger partial charge in [0.05, 0.1) is 11.0 Å². The molecular formula is C56H42BrCl2F6N7O6S2. The monoisotopic (exact) mass is 1240 g/mol. The number of alkyl halides is 6. The van der Waals surface area contributed by atoms with Gasteiger partial charge in [0.15, 0.2) is 22.9 Å². The van der Waals surface area contributed by atoms with Gasteiger partial charge in [-0.05, 0) is 81.9 Å². The van der Waals surface area contributed by atoms with Crippen LogP contribution in [-0.4, -0.2) is 73.8 Å². The zero-order valence-corrected chi connectivity index (χ0v) is 46.5. The van der Waals surface area contributed by atoms with Gasteiger partial charge in [0.25, 0.3) is 17.5 Å². The van der Waals surface area contributed by atoms with E-state index in [9.17, 15) is 50.6 Å². The van der Waals surface area contributed by atoms with E-state index in [0.717, 1.165) is 61.7 Å². The third-order valence-corrected chi connectivity index (χ3v) is 17.7. The number of pyridine rings is 2. The lowest BCUT2D eigenvalue weighted by Gasteiger charge is -2.46. The Hall–Kier alpha value is -7.03. The molecule has 0 radical (unpaired) electrons. The van der Waals surface area contributed by atoms with E-state index < -0.39 is 89.7 Å². The molecule has 24 heteroatoms. The molecule has 4 aliphatic rings. The van der Waals surface area contributed by atoms with Gasteiger partial charge >= 0.3 is 12.4 Å². The fraction of sp³-hybridized carbons (Fsp3) is 0.232. The molecule has 11 rings (SSSR count). The van der Waals surface area contributed by atoms with Crippen LogP contribution in [0.25, 0.3) is 4.85 Å². The van der Waals surface area contributed by atoms with Crippen LogP contribution in [0.4, 0.5) is 32.0 Å². The summed E-state index contributed by atoms with van der Waals surface area (Å²) in [4.78, 5) is 59.5. The molecule has 2 aromatic heterocycles. The van der Waals surface area contributed by atoms with E-state index in [1.807, 2.05) is 66.7 Å². The summed E-state index contributed by atoms with van der Waals surface area (Å²) in [6.07, 6.45) is -7.01. The molecule has 0 aliphatic carbocycles. The number of aromatic nitrogens is 2. The van der Waals surface area contributed by atoms with Crippen molar-refractivity contribution in [3.63, 3.8) is 0 Å². The smallest absolute Gasteiger partial charge is 0.408 e. The van der Waals surface area contributed by atoms with Crippen LogP contribution in [0, 0.1) is 6.57 Å². The highest BCUT2D eigenvalue weighted by Crippen LogP contribution is 2.48. The second kappa shape index (κ2) is 22.1. The van der Waals surface area contributed by atoms with Crippen molar-refractivity contribution in [2.45, 2.75) is 78.3 Å². The lowest BCUT2D eigenvalue weighted by molar-refractivity contribution is -0.173. The Labute approximate surface area is 479 Å². The molecule has 0 saturated carbocycles. The Morgan fingerprint density at radius 3 is 1.61 bits per heavy atom. The first-order valence-electron chi connectivity index (χ1n) is 24.4. The molecule has 4 aliphatic heterocycles. The average molecular weight is 1240 g/mol. The largest absolute Gasteiger partial charge is 0.503 e. The third kappa shape index (κ3) is 10.3. The van der Waals surface area contributed by atoms with Crippen molar-refractivity contribution in [2.24, 2.45) is 0 Å². The Kier molecular flexibility index (Phi) is 15.6. The van der Waals surface area contributed by atoms with Crippen molar-refractivity contribution in [1.82, 2.24) is 19.2 Å². The van der Waals surface area contributed by atoms with Crippen LogP contribution in [0.15, 0.2) is 152 Å². The SMILES string of the molecule is C[C@@H](N1CN([C@@H]2c3ccccc3SCc3cccc(Cl)c32)n2cc(Br)c(=O)c(OCc3ccccc3)c2C1=O)C(F)(F)F.[C-]#[N+]c1cn2c(c(O)c1=O)C(=O)N([C@H](C)C(F)(F)F)CN2[C@@H]1c2ccccc2SCc2cccc(Cl)c21. The summed E-state index contributed by atoms with van der Waals surface area (Å²) in [7, 11) is 0. The Morgan fingerprint density at radius 2 is 1.12 bits per heavy atom. The van der Waals surface area contributed by atoms with Crippen molar-refractivity contribution in [2.75, 3.05) is 23.4 Å². The zero-order valence-electron chi connectivity index (χ0n) is 41.8. The Balaban J connectivity index is 0.000000182. The first-order valence-corrected chi connectivity index (χ1v) is 27.9. The number of hydrogen-bond donors (Lipinski definition) is 1. The number of rotatable bonds is 7. The molecule has 6 heterocycles. The summed E-state index contributed by atoms with van der Waals surface area (Å²) in [5.41, 5.74) is 2.10. The van der Waals surface area contributed by atoms with Gasteiger partial charge in [-0.3, -0.25) is 38.5 Å². The van der Waals surface area contributed by atoms with Gasteiger partial charge in [-0.1, -0.05) is 114 Å². The second-order valence-corrected chi connectivity index (χ2v) is 22.5. The summed E-state index contributed by atoms with van der Waals surface area (Å²) >= 11 is 20.0. The van der Waals surface area contributed by atoms with Crippen LogP contribution in [0.3, 0.4) is 0 Å². The van der Waals surface area contributed by atoms with Crippen LogP contribution < -0.4 is 25.6 Å². The van der Waals surface area contributed by atoms with E-state index in [1.165, 1.54) is 27.6 Å². The van der Waals surface area contributed by atoms with Crippen LogP contribution >= 0.6 is 62.7 Å². The van der Waals surface area contributed by atoms with Gasteiger partial charge < -0.3 is 19.6 Å².